The van der Waals surface area contributed by atoms with E-state index in [1.165, 1.54) is 0 Å². The molecule has 1 aliphatic rings. The zero-order chi connectivity index (χ0) is 19.3. The van der Waals surface area contributed by atoms with Gasteiger partial charge in [0.05, 0.1) is 19.2 Å². The Bertz CT molecular complexity index is 659. The Kier molecular flexibility index (Phi) is 6.66. The normalized spacial score (nSPS) is 24.0. The highest BCUT2D eigenvalue weighted by atomic mass is 16.5. The van der Waals surface area contributed by atoms with Gasteiger partial charge in [0.1, 0.15) is 11.3 Å². The maximum absolute atomic E-state index is 13.1. The fraction of sp³-hybridized carbons (Fsp3) is 0.619. The highest BCUT2D eigenvalue weighted by Gasteiger charge is 2.42. The smallest absolute Gasteiger partial charge is 0.240 e. The fourth-order valence-corrected chi connectivity index (χ4v) is 3.68. The minimum absolute atomic E-state index is 0.00139. The van der Waals surface area contributed by atoms with Crippen LogP contribution >= 0.6 is 0 Å². The maximum Gasteiger partial charge on any atom is 0.240 e. The van der Waals surface area contributed by atoms with Gasteiger partial charge in [-0.2, -0.15) is 5.26 Å². The first-order chi connectivity index (χ1) is 12.3. The van der Waals surface area contributed by atoms with Crippen molar-refractivity contribution in [2.75, 3.05) is 21.2 Å². The van der Waals surface area contributed by atoms with E-state index in [0.29, 0.717) is 12.5 Å². The van der Waals surface area contributed by atoms with Crippen LogP contribution < -0.4 is 4.74 Å². The van der Waals surface area contributed by atoms with Crippen molar-refractivity contribution in [3.05, 3.63) is 29.8 Å². The number of carbonyl (C=O) groups is 1. The predicted octanol–water partition coefficient (Wildman–Crippen LogP) is 3.45. The van der Waals surface area contributed by atoms with Gasteiger partial charge in [-0.25, -0.2) is 0 Å². The molecular weight excluding hydrogens is 326 g/mol. The molecule has 0 N–H and O–H groups in total. The molecule has 0 bridgehead atoms. The number of ether oxygens (including phenoxy) is 1. The van der Waals surface area contributed by atoms with E-state index >= 15 is 0 Å². The lowest BCUT2D eigenvalue weighted by Crippen LogP contribution is -2.55. The van der Waals surface area contributed by atoms with Gasteiger partial charge in [0, 0.05) is 19.2 Å². The van der Waals surface area contributed by atoms with Crippen molar-refractivity contribution in [1.82, 2.24) is 9.80 Å². The van der Waals surface area contributed by atoms with Crippen LogP contribution in [0, 0.1) is 17.2 Å². The van der Waals surface area contributed by atoms with E-state index in [9.17, 15) is 10.1 Å². The lowest BCUT2D eigenvalue weighted by Gasteiger charge is -2.42. The first-order valence-electron chi connectivity index (χ1n) is 9.35. The summed E-state index contributed by atoms with van der Waals surface area (Å²) in [7, 11) is 5.38. The van der Waals surface area contributed by atoms with Crippen LogP contribution in [0.4, 0.5) is 0 Å². The molecule has 0 radical (unpaired) electrons. The summed E-state index contributed by atoms with van der Waals surface area (Å²) in [4.78, 5) is 16.8. The second-order valence-electron chi connectivity index (χ2n) is 7.63. The molecule has 1 aromatic rings. The zero-order valence-corrected chi connectivity index (χ0v) is 16.7. The molecule has 1 aliphatic carbocycles. The second kappa shape index (κ2) is 8.55. The van der Waals surface area contributed by atoms with Gasteiger partial charge in [0.2, 0.25) is 5.91 Å². The molecule has 0 saturated heterocycles. The first-order valence-corrected chi connectivity index (χ1v) is 9.35. The lowest BCUT2D eigenvalue weighted by molar-refractivity contribution is -0.140. The molecule has 0 heterocycles. The zero-order valence-electron chi connectivity index (χ0n) is 16.7. The molecule has 1 fully saturated rings. The molecule has 0 aliphatic heterocycles. The Balaban J connectivity index is 2.09. The van der Waals surface area contributed by atoms with E-state index in [4.69, 9.17) is 4.74 Å². The van der Waals surface area contributed by atoms with Crippen molar-refractivity contribution >= 4 is 5.91 Å². The molecule has 5 nitrogen and oxygen atoms in total. The summed E-state index contributed by atoms with van der Waals surface area (Å²) in [6, 6.07) is 9.98. The summed E-state index contributed by atoms with van der Waals surface area (Å²) in [5.74, 6) is 1.45. The maximum atomic E-state index is 13.1. The fourth-order valence-electron chi connectivity index (χ4n) is 3.68. The Morgan fingerprint density at radius 1 is 1.35 bits per heavy atom. The van der Waals surface area contributed by atoms with Crippen LogP contribution in [0.25, 0.3) is 0 Å². The van der Waals surface area contributed by atoms with Gasteiger partial charge in [-0.1, -0.05) is 25.1 Å². The summed E-state index contributed by atoms with van der Waals surface area (Å²) >= 11 is 0. The molecule has 142 valence electrons. The van der Waals surface area contributed by atoms with Crippen LogP contribution in [0.5, 0.6) is 5.75 Å². The number of likely N-dealkylation sites (N-methyl/N-ethyl adjacent to an activating group) is 2. The SMILES string of the molecule is COc1ccccc1CN(C)C(C)C(=O)N(C)C1(C#N)CCC(C)CC1. The number of para-hydroxylation sites is 1. The van der Waals surface area contributed by atoms with Crippen LogP contribution in [0.3, 0.4) is 0 Å². The Hall–Kier alpha value is -2.06. The third-order valence-electron chi connectivity index (χ3n) is 5.91. The van der Waals surface area contributed by atoms with Crippen LogP contribution in [-0.4, -0.2) is 48.5 Å². The van der Waals surface area contributed by atoms with Gasteiger partial charge in [-0.05, 0) is 51.6 Å². The summed E-state index contributed by atoms with van der Waals surface area (Å²) < 4.78 is 5.41. The lowest BCUT2D eigenvalue weighted by atomic mass is 9.77. The van der Waals surface area contributed by atoms with E-state index in [1.54, 1.807) is 19.1 Å². The molecular formula is C21H31N3O2. The topological polar surface area (TPSA) is 56.6 Å². The number of hydrogen-bond acceptors (Lipinski definition) is 4. The standard InChI is InChI=1S/C21H31N3O2/c1-16-10-12-21(15-22,13-11-16)24(4)20(25)17(2)23(3)14-18-8-6-7-9-19(18)26-5/h6-9,16-17H,10-14H2,1-5H3. The number of hydrogen-bond donors (Lipinski definition) is 0. The van der Waals surface area contributed by atoms with Gasteiger partial charge in [0.25, 0.3) is 0 Å². The van der Waals surface area contributed by atoms with Gasteiger partial charge in [0.15, 0.2) is 0 Å². The monoisotopic (exact) mass is 357 g/mol. The van der Waals surface area contributed by atoms with Crippen molar-refractivity contribution in [1.29, 1.82) is 5.26 Å². The number of rotatable bonds is 6. The first kappa shape index (κ1) is 20.3. The quantitative estimate of drug-likeness (QED) is 0.782. The van der Waals surface area contributed by atoms with Crippen molar-refractivity contribution in [3.8, 4) is 11.8 Å². The predicted molar refractivity (Wildman–Crippen MR) is 103 cm³/mol. The van der Waals surface area contributed by atoms with E-state index in [0.717, 1.165) is 37.0 Å². The van der Waals surface area contributed by atoms with Gasteiger partial charge >= 0.3 is 0 Å². The summed E-state index contributed by atoms with van der Waals surface area (Å²) in [5.41, 5.74) is 0.379. The van der Waals surface area contributed by atoms with E-state index in [-0.39, 0.29) is 11.9 Å². The van der Waals surface area contributed by atoms with Gasteiger partial charge in [-0.15, -0.1) is 0 Å². The van der Waals surface area contributed by atoms with Gasteiger partial charge in [-0.3, -0.25) is 9.69 Å². The summed E-state index contributed by atoms with van der Waals surface area (Å²) in [5, 5.41) is 9.80. The molecule has 0 spiro atoms. The number of benzene rings is 1. The summed E-state index contributed by atoms with van der Waals surface area (Å²) in [6.07, 6.45) is 3.51. The van der Waals surface area contributed by atoms with Gasteiger partial charge < -0.3 is 9.64 Å². The van der Waals surface area contributed by atoms with Crippen molar-refractivity contribution in [2.45, 2.75) is 57.7 Å². The van der Waals surface area contributed by atoms with E-state index in [1.807, 2.05) is 43.1 Å². The minimum Gasteiger partial charge on any atom is -0.496 e. The molecule has 0 aromatic heterocycles. The van der Waals surface area contributed by atoms with Crippen LogP contribution in [0.1, 0.15) is 45.1 Å². The van der Waals surface area contributed by atoms with E-state index < -0.39 is 5.54 Å². The largest absolute Gasteiger partial charge is 0.496 e. The molecule has 1 atom stereocenters. The summed E-state index contributed by atoms with van der Waals surface area (Å²) in [6.45, 7) is 4.74. The highest BCUT2D eigenvalue weighted by Crippen LogP contribution is 2.36. The number of methoxy groups -OCH3 is 1. The van der Waals surface area contributed by atoms with Crippen molar-refractivity contribution < 1.29 is 9.53 Å². The minimum atomic E-state index is -0.664. The molecule has 5 heteroatoms. The Labute approximate surface area is 157 Å². The van der Waals surface area contributed by atoms with Crippen molar-refractivity contribution in [3.63, 3.8) is 0 Å². The highest BCUT2D eigenvalue weighted by molar-refractivity contribution is 5.82. The third kappa shape index (κ3) is 4.19. The molecule has 1 saturated carbocycles. The van der Waals surface area contributed by atoms with Crippen LogP contribution in [0.2, 0.25) is 0 Å². The molecule has 2 rings (SSSR count). The second-order valence-corrected chi connectivity index (χ2v) is 7.63. The molecule has 26 heavy (non-hydrogen) atoms. The van der Waals surface area contributed by atoms with Crippen LogP contribution in [-0.2, 0) is 11.3 Å². The number of amides is 1. The average molecular weight is 357 g/mol. The molecule has 1 amide bonds. The number of carbonyl (C=O) groups excluding carboxylic acids is 1. The number of nitrogens with zero attached hydrogens (tertiary/aromatic N) is 3. The van der Waals surface area contributed by atoms with E-state index in [2.05, 4.69) is 13.0 Å². The Morgan fingerprint density at radius 2 is 1.96 bits per heavy atom. The average Bonchev–Trinajstić information content (AvgIpc) is 2.67. The van der Waals surface area contributed by atoms with Crippen LogP contribution in [0.15, 0.2) is 24.3 Å². The Morgan fingerprint density at radius 3 is 2.54 bits per heavy atom. The number of nitriles is 1. The third-order valence-corrected chi connectivity index (χ3v) is 5.91. The molecule has 1 unspecified atom stereocenters. The molecule has 1 aromatic carbocycles. The van der Waals surface area contributed by atoms with Crippen molar-refractivity contribution in [2.24, 2.45) is 5.92 Å².